The minimum Gasteiger partial charge on any atom is -0.493 e. The number of para-hydroxylation sites is 1. The summed E-state index contributed by atoms with van der Waals surface area (Å²) in [5, 5.41) is 22.9. The van der Waals surface area contributed by atoms with Crippen molar-refractivity contribution in [2.24, 2.45) is 0 Å². The predicted molar refractivity (Wildman–Crippen MR) is 127 cm³/mol. The second-order valence-corrected chi connectivity index (χ2v) is 8.71. The number of ether oxygens (including phenoxy) is 2. The van der Waals surface area contributed by atoms with Crippen molar-refractivity contribution in [3.63, 3.8) is 0 Å². The smallest absolute Gasteiger partial charge is 0.274 e. The molecule has 1 atom stereocenters. The molecule has 0 saturated carbocycles. The van der Waals surface area contributed by atoms with Gasteiger partial charge >= 0.3 is 0 Å². The van der Waals surface area contributed by atoms with E-state index in [9.17, 15) is 20.2 Å². The first kappa shape index (κ1) is 21.4. The molecule has 0 unspecified atom stereocenters. The van der Waals surface area contributed by atoms with Crippen molar-refractivity contribution in [1.29, 1.82) is 0 Å². The molecule has 0 fully saturated rings. The summed E-state index contributed by atoms with van der Waals surface area (Å²) in [4.78, 5) is 24.1. The van der Waals surface area contributed by atoms with Gasteiger partial charge in [-0.25, -0.2) is 0 Å². The maximum atomic E-state index is 11.5. The number of fused-ring (bicyclic) bond motifs is 2. The third-order valence-electron chi connectivity index (χ3n) is 6.59. The number of non-ortho nitro benzene ring substituents is 2. The molecule has 3 aromatic rings. The fourth-order valence-corrected chi connectivity index (χ4v) is 4.84. The number of hydrogen-bond acceptors (Lipinski definition) is 7. The van der Waals surface area contributed by atoms with E-state index in [4.69, 9.17) is 9.47 Å². The number of methoxy groups -OCH3 is 1. The van der Waals surface area contributed by atoms with Crippen LogP contribution in [0.5, 0.6) is 11.5 Å². The first-order chi connectivity index (χ1) is 16.2. The number of benzene rings is 3. The Labute approximate surface area is 195 Å². The Morgan fingerprint density at radius 3 is 2.29 bits per heavy atom. The van der Waals surface area contributed by atoms with Crippen LogP contribution in [0.15, 0.2) is 66.7 Å². The zero-order chi connectivity index (χ0) is 24.3. The van der Waals surface area contributed by atoms with E-state index >= 15 is 0 Å². The number of anilines is 2. The second kappa shape index (κ2) is 7.31. The molecule has 0 amide bonds. The zero-order valence-corrected chi connectivity index (χ0v) is 18.7. The van der Waals surface area contributed by atoms with Gasteiger partial charge in [0, 0.05) is 35.1 Å². The first-order valence-corrected chi connectivity index (χ1v) is 10.6. The lowest BCUT2D eigenvalue weighted by atomic mass is 9.76. The molecule has 2 aliphatic heterocycles. The number of rotatable bonds is 4. The van der Waals surface area contributed by atoms with Gasteiger partial charge < -0.3 is 9.47 Å². The lowest BCUT2D eigenvalue weighted by Gasteiger charge is -2.47. The van der Waals surface area contributed by atoms with Gasteiger partial charge in [0.1, 0.15) is 0 Å². The molecule has 34 heavy (non-hydrogen) atoms. The highest BCUT2D eigenvalue weighted by molar-refractivity contribution is 5.81. The third-order valence-corrected chi connectivity index (χ3v) is 6.59. The molecule has 0 saturated heterocycles. The van der Waals surface area contributed by atoms with Crippen molar-refractivity contribution >= 4 is 28.8 Å². The van der Waals surface area contributed by atoms with Crippen LogP contribution in [0, 0.1) is 20.2 Å². The van der Waals surface area contributed by atoms with Gasteiger partial charge in [0.15, 0.2) is 11.5 Å². The van der Waals surface area contributed by atoms with Crippen molar-refractivity contribution in [1.82, 2.24) is 0 Å². The Bertz CT molecular complexity index is 1370. The summed E-state index contributed by atoms with van der Waals surface area (Å²) >= 11 is 0. The van der Waals surface area contributed by atoms with Crippen molar-refractivity contribution in [2.75, 3.05) is 12.0 Å². The van der Waals surface area contributed by atoms with Crippen LogP contribution in [0.4, 0.5) is 22.7 Å². The summed E-state index contributed by atoms with van der Waals surface area (Å²) in [6, 6.07) is 17.2. The summed E-state index contributed by atoms with van der Waals surface area (Å²) in [5.41, 5.74) is 0.873. The molecular weight excluding hydrogens is 438 g/mol. The van der Waals surface area contributed by atoms with E-state index in [0.717, 1.165) is 16.9 Å². The van der Waals surface area contributed by atoms with Crippen LogP contribution < -0.4 is 14.4 Å². The Morgan fingerprint density at radius 1 is 0.941 bits per heavy atom. The lowest BCUT2D eigenvalue weighted by molar-refractivity contribution is -0.385. The molecule has 172 valence electrons. The highest BCUT2D eigenvalue weighted by Gasteiger charge is 2.60. The second-order valence-electron chi connectivity index (χ2n) is 8.71. The van der Waals surface area contributed by atoms with Crippen LogP contribution in [-0.4, -0.2) is 22.7 Å². The van der Waals surface area contributed by atoms with Gasteiger partial charge in [-0.2, -0.15) is 0 Å². The predicted octanol–water partition coefficient (Wildman–Crippen LogP) is 5.74. The molecule has 0 aliphatic carbocycles. The van der Waals surface area contributed by atoms with Crippen molar-refractivity contribution in [3.05, 3.63) is 98.1 Å². The fourth-order valence-electron chi connectivity index (χ4n) is 4.84. The monoisotopic (exact) mass is 459 g/mol. The Kier molecular flexibility index (Phi) is 4.61. The first-order valence-electron chi connectivity index (χ1n) is 10.6. The molecule has 5 rings (SSSR count). The van der Waals surface area contributed by atoms with Crippen molar-refractivity contribution in [3.8, 4) is 11.5 Å². The fraction of sp³-hybridized carbons (Fsp3) is 0.200. The molecule has 1 spiro atoms. The normalized spacial score (nSPS) is 19.3. The molecule has 3 aromatic carbocycles. The van der Waals surface area contributed by atoms with E-state index in [1.807, 2.05) is 55.2 Å². The average molecular weight is 459 g/mol. The van der Waals surface area contributed by atoms with Gasteiger partial charge in [-0.1, -0.05) is 18.2 Å². The van der Waals surface area contributed by atoms with Crippen LogP contribution in [0.1, 0.15) is 25.0 Å². The van der Waals surface area contributed by atoms with Crippen molar-refractivity contribution < 1.29 is 19.3 Å². The molecule has 0 bridgehead atoms. The van der Waals surface area contributed by atoms with E-state index in [0.29, 0.717) is 11.3 Å². The molecule has 2 heterocycles. The van der Waals surface area contributed by atoms with Gasteiger partial charge in [0.05, 0.1) is 28.4 Å². The van der Waals surface area contributed by atoms with Gasteiger partial charge in [-0.3, -0.25) is 25.1 Å². The third kappa shape index (κ3) is 2.86. The van der Waals surface area contributed by atoms with E-state index in [1.54, 1.807) is 18.2 Å². The SMILES string of the molecule is COc1cc([N+](=O)[O-])cc2c1O[C@]1(C=C2)N(c2ccccc2)c2ccc([N+](=O)[O-])cc2C1(C)C. The molecule has 9 nitrogen and oxygen atoms in total. The topological polar surface area (TPSA) is 108 Å². The largest absolute Gasteiger partial charge is 0.493 e. The molecule has 2 aliphatic rings. The van der Waals surface area contributed by atoms with Crippen LogP contribution in [0.25, 0.3) is 6.08 Å². The molecule has 0 N–H and O–H groups in total. The van der Waals surface area contributed by atoms with Crippen LogP contribution in [0.3, 0.4) is 0 Å². The van der Waals surface area contributed by atoms with Gasteiger partial charge in [0.25, 0.3) is 11.4 Å². The molecule has 9 heteroatoms. The summed E-state index contributed by atoms with van der Waals surface area (Å²) in [7, 11) is 1.43. The van der Waals surface area contributed by atoms with E-state index in [-0.39, 0.29) is 17.1 Å². The summed E-state index contributed by atoms with van der Waals surface area (Å²) in [6.07, 6.45) is 3.64. The highest BCUT2D eigenvalue weighted by Crippen LogP contribution is 2.59. The minimum atomic E-state index is -1.12. The zero-order valence-electron chi connectivity index (χ0n) is 18.7. The number of nitrogens with zero attached hydrogens (tertiary/aromatic N) is 3. The van der Waals surface area contributed by atoms with E-state index in [1.165, 1.54) is 25.3 Å². The van der Waals surface area contributed by atoms with Gasteiger partial charge in [0.2, 0.25) is 5.72 Å². The number of hydrogen-bond donors (Lipinski definition) is 0. The number of nitro groups is 2. The van der Waals surface area contributed by atoms with Crippen LogP contribution in [0.2, 0.25) is 0 Å². The maximum absolute atomic E-state index is 11.5. The Hall–Kier alpha value is -4.40. The van der Waals surface area contributed by atoms with E-state index < -0.39 is 21.0 Å². The minimum absolute atomic E-state index is 0.00900. The van der Waals surface area contributed by atoms with Crippen LogP contribution in [-0.2, 0) is 5.41 Å². The quantitative estimate of drug-likeness (QED) is 0.361. The highest BCUT2D eigenvalue weighted by atomic mass is 16.6. The lowest BCUT2D eigenvalue weighted by Crippen LogP contribution is -2.57. The summed E-state index contributed by atoms with van der Waals surface area (Å²) in [6.45, 7) is 3.93. The molecular formula is C25H21N3O6. The van der Waals surface area contributed by atoms with Gasteiger partial charge in [-0.15, -0.1) is 0 Å². The number of nitro benzene ring substituents is 2. The maximum Gasteiger partial charge on any atom is 0.274 e. The van der Waals surface area contributed by atoms with Crippen LogP contribution >= 0.6 is 0 Å². The molecule has 0 radical (unpaired) electrons. The Balaban J connectivity index is 1.77. The average Bonchev–Trinajstić information content (AvgIpc) is 3.01. The van der Waals surface area contributed by atoms with Gasteiger partial charge in [-0.05, 0) is 49.8 Å². The Morgan fingerprint density at radius 2 is 1.65 bits per heavy atom. The van der Waals surface area contributed by atoms with Crippen molar-refractivity contribution in [2.45, 2.75) is 25.0 Å². The summed E-state index contributed by atoms with van der Waals surface area (Å²) < 4.78 is 12.2. The molecule has 0 aromatic heterocycles. The standard InChI is InChI=1S/C25H21N3O6/c1-24(2)20-14-18(27(29)30)9-10-21(20)26(17-7-5-4-6-8-17)25(24)12-11-16-13-19(28(31)32)15-22(33-3)23(16)34-25/h4-15H,1-3H3/t25-/m0/s1. The summed E-state index contributed by atoms with van der Waals surface area (Å²) in [5.74, 6) is 0.602. The van der Waals surface area contributed by atoms with E-state index in [2.05, 4.69) is 0 Å².